The van der Waals surface area contributed by atoms with E-state index in [2.05, 4.69) is 15.5 Å². The van der Waals surface area contributed by atoms with Gasteiger partial charge in [-0.15, -0.1) is 33.4 Å². The topological polar surface area (TPSA) is 68.5 Å². The number of hydrogen-bond acceptors (Lipinski definition) is 4. The number of nitrogens with zero attached hydrogens (tertiary/aromatic N) is 3. The van der Waals surface area contributed by atoms with Gasteiger partial charge in [-0.3, -0.25) is 9.20 Å². The van der Waals surface area contributed by atoms with Crippen LogP contribution in [0, 0.1) is 0 Å². The highest BCUT2D eigenvalue weighted by Crippen LogP contribution is 2.59. The Hall–Kier alpha value is -2.31. The van der Waals surface area contributed by atoms with Gasteiger partial charge in [-0.25, -0.2) is 0 Å². The second-order valence-corrected chi connectivity index (χ2v) is 9.42. The van der Waals surface area contributed by atoms with Gasteiger partial charge in [-0.1, -0.05) is 18.2 Å². The van der Waals surface area contributed by atoms with Crippen molar-refractivity contribution in [1.82, 2.24) is 19.9 Å². The summed E-state index contributed by atoms with van der Waals surface area (Å²) in [7, 11) is 0. The summed E-state index contributed by atoms with van der Waals surface area (Å²) in [6.45, 7) is 5.33. The van der Waals surface area contributed by atoms with Crippen molar-refractivity contribution in [2.45, 2.75) is 49.1 Å². The van der Waals surface area contributed by atoms with Gasteiger partial charge in [0.05, 0.1) is 6.04 Å². The number of fused-ring (bicyclic) bond motifs is 1. The number of carbonyl (C=O) groups is 1. The van der Waals surface area contributed by atoms with Crippen LogP contribution in [0.3, 0.4) is 0 Å². The Labute approximate surface area is 179 Å². The van der Waals surface area contributed by atoms with E-state index in [1.165, 1.54) is 0 Å². The van der Waals surface area contributed by atoms with Crippen LogP contribution < -0.4 is 10.1 Å². The van der Waals surface area contributed by atoms with Crippen LogP contribution in [0.15, 0.2) is 48.7 Å². The maximum atomic E-state index is 12.9. The number of rotatable bonds is 6. The molecule has 1 aliphatic carbocycles. The highest BCUT2D eigenvalue weighted by molar-refractivity contribution is 6.51. The van der Waals surface area contributed by atoms with Gasteiger partial charge in [-0.05, 0) is 57.0 Å². The van der Waals surface area contributed by atoms with Crippen LogP contribution in [-0.4, -0.2) is 30.4 Å². The number of benzene rings is 1. The monoisotopic (exact) mass is 432 g/mol. The second kappa shape index (κ2) is 7.18. The molecule has 0 saturated heterocycles. The molecule has 1 aromatic carbocycles. The van der Waals surface area contributed by atoms with Crippen LogP contribution >= 0.6 is 23.2 Å². The summed E-state index contributed by atoms with van der Waals surface area (Å²) in [6, 6.07) is 12.9. The first kappa shape index (κ1) is 20.0. The minimum Gasteiger partial charge on any atom is -0.478 e. The number of carbonyl (C=O) groups excluding carboxylic acids is 1. The van der Waals surface area contributed by atoms with E-state index < -0.39 is 9.93 Å². The summed E-state index contributed by atoms with van der Waals surface area (Å²) in [4.78, 5) is 12.9. The average molecular weight is 433 g/mol. The summed E-state index contributed by atoms with van der Waals surface area (Å²) in [5.41, 5.74) is 0.725. The molecular formula is C21H22Cl2N4O2. The molecule has 152 valence electrons. The number of ether oxygens (including phenoxy) is 1. The minimum absolute atomic E-state index is 0.148. The first-order valence-corrected chi connectivity index (χ1v) is 10.2. The van der Waals surface area contributed by atoms with Crippen LogP contribution in [0.4, 0.5) is 0 Å². The SMILES string of the molecule is C[C@@H](NC(=O)C(C)(C)Oc1ccc([C@H]2CC2(Cl)Cl)cc1)c1nnc2ccccn12. The summed E-state index contributed by atoms with van der Waals surface area (Å²) in [5, 5.41) is 11.3. The number of pyridine rings is 1. The van der Waals surface area contributed by atoms with E-state index in [0.29, 0.717) is 11.6 Å². The van der Waals surface area contributed by atoms with Crippen molar-refractivity contribution in [2.75, 3.05) is 0 Å². The van der Waals surface area contributed by atoms with Gasteiger partial charge in [0, 0.05) is 12.1 Å². The van der Waals surface area contributed by atoms with Crippen LogP contribution in [-0.2, 0) is 4.79 Å². The van der Waals surface area contributed by atoms with E-state index in [1.807, 2.05) is 60.0 Å². The molecule has 0 aliphatic heterocycles. The van der Waals surface area contributed by atoms with Gasteiger partial charge in [0.25, 0.3) is 5.91 Å². The first-order chi connectivity index (χ1) is 13.7. The molecule has 2 heterocycles. The quantitative estimate of drug-likeness (QED) is 0.585. The Morgan fingerprint density at radius 1 is 1.24 bits per heavy atom. The van der Waals surface area contributed by atoms with Gasteiger partial charge >= 0.3 is 0 Å². The molecule has 0 radical (unpaired) electrons. The zero-order valence-corrected chi connectivity index (χ0v) is 17.9. The predicted molar refractivity (Wildman–Crippen MR) is 112 cm³/mol. The fraction of sp³-hybridized carbons (Fsp3) is 0.381. The minimum atomic E-state index is -1.07. The third-order valence-corrected chi connectivity index (χ3v) is 5.94. The average Bonchev–Trinajstić information content (AvgIpc) is 3.11. The van der Waals surface area contributed by atoms with Crippen molar-refractivity contribution in [3.05, 3.63) is 60.0 Å². The van der Waals surface area contributed by atoms with Crippen molar-refractivity contribution in [1.29, 1.82) is 0 Å². The van der Waals surface area contributed by atoms with Gasteiger partial charge < -0.3 is 10.1 Å². The van der Waals surface area contributed by atoms with Crippen molar-refractivity contribution in [2.24, 2.45) is 0 Å². The number of alkyl halides is 2. The van der Waals surface area contributed by atoms with Gasteiger partial charge in [0.15, 0.2) is 17.1 Å². The molecule has 6 nitrogen and oxygen atoms in total. The highest BCUT2D eigenvalue weighted by atomic mass is 35.5. The predicted octanol–water partition coefficient (Wildman–Crippen LogP) is 4.43. The van der Waals surface area contributed by atoms with E-state index in [-0.39, 0.29) is 17.9 Å². The standard InChI is InChI=1S/C21H22Cl2N4O2/c1-13(18-26-25-17-6-4-5-11-27(17)18)24-19(28)20(2,3)29-15-9-7-14(8-10-15)16-12-21(16,22)23/h4-11,13,16H,12H2,1-3H3,(H,24,28)/t13-,16-/m1/s1. The lowest BCUT2D eigenvalue weighted by molar-refractivity contribution is -0.135. The fourth-order valence-electron chi connectivity index (χ4n) is 3.27. The Balaban J connectivity index is 1.42. The molecule has 2 atom stereocenters. The molecule has 2 aromatic heterocycles. The summed E-state index contributed by atoms with van der Waals surface area (Å²) in [5.74, 6) is 1.16. The summed E-state index contributed by atoms with van der Waals surface area (Å²) in [6.07, 6.45) is 2.62. The zero-order valence-electron chi connectivity index (χ0n) is 16.4. The first-order valence-electron chi connectivity index (χ1n) is 9.45. The smallest absolute Gasteiger partial charge is 0.264 e. The van der Waals surface area contributed by atoms with Gasteiger partial charge in [0.1, 0.15) is 10.1 Å². The molecular weight excluding hydrogens is 411 g/mol. The molecule has 0 unspecified atom stereocenters. The van der Waals surface area contributed by atoms with Gasteiger partial charge in [0.2, 0.25) is 0 Å². The van der Waals surface area contributed by atoms with Crippen molar-refractivity contribution < 1.29 is 9.53 Å². The molecule has 0 bridgehead atoms. The Bertz CT molecular complexity index is 1050. The van der Waals surface area contributed by atoms with Crippen LogP contribution in [0.5, 0.6) is 5.75 Å². The van der Waals surface area contributed by atoms with Crippen LogP contribution in [0.2, 0.25) is 0 Å². The lowest BCUT2D eigenvalue weighted by atomic mass is 10.1. The molecule has 4 rings (SSSR count). The molecule has 1 aliphatic rings. The maximum absolute atomic E-state index is 12.9. The number of amides is 1. The third kappa shape index (κ3) is 4.05. The van der Waals surface area contributed by atoms with E-state index in [9.17, 15) is 4.79 Å². The highest BCUT2D eigenvalue weighted by Gasteiger charge is 2.52. The number of nitrogens with one attached hydrogen (secondary N) is 1. The van der Waals surface area contributed by atoms with Gasteiger partial charge in [-0.2, -0.15) is 0 Å². The largest absolute Gasteiger partial charge is 0.478 e. The molecule has 0 spiro atoms. The van der Waals surface area contributed by atoms with Crippen molar-refractivity contribution >= 4 is 34.8 Å². The molecule has 1 N–H and O–H groups in total. The lowest BCUT2D eigenvalue weighted by Crippen LogP contribution is -2.47. The van der Waals surface area contributed by atoms with E-state index in [4.69, 9.17) is 27.9 Å². The maximum Gasteiger partial charge on any atom is 0.264 e. The van der Waals surface area contributed by atoms with Crippen molar-refractivity contribution in [3.63, 3.8) is 0 Å². The molecule has 8 heteroatoms. The van der Waals surface area contributed by atoms with E-state index in [0.717, 1.165) is 17.6 Å². The van der Waals surface area contributed by atoms with Crippen molar-refractivity contribution in [3.8, 4) is 5.75 Å². The zero-order chi connectivity index (χ0) is 20.8. The van der Waals surface area contributed by atoms with Crippen LogP contribution in [0.1, 0.15) is 50.5 Å². The Morgan fingerprint density at radius 2 is 1.93 bits per heavy atom. The number of hydrogen-bond donors (Lipinski definition) is 1. The summed E-state index contributed by atoms with van der Waals surface area (Å²) < 4.78 is 7.14. The normalized spacial score (nSPS) is 19.0. The summed E-state index contributed by atoms with van der Waals surface area (Å²) >= 11 is 12.3. The fourth-order valence-corrected chi connectivity index (χ4v) is 3.83. The Morgan fingerprint density at radius 3 is 2.59 bits per heavy atom. The molecule has 1 amide bonds. The Kier molecular flexibility index (Phi) is 4.95. The second-order valence-electron chi connectivity index (χ2n) is 7.88. The molecule has 1 saturated carbocycles. The number of aromatic nitrogens is 3. The molecule has 29 heavy (non-hydrogen) atoms. The van der Waals surface area contributed by atoms with E-state index in [1.54, 1.807) is 13.8 Å². The third-order valence-electron chi connectivity index (χ3n) is 5.10. The molecule has 1 fully saturated rings. The lowest BCUT2D eigenvalue weighted by Gasteiger charge is -2.27. The van der Waals surface area contributed by atoms with Crippen LogP contribution in [0.25, 0.3) is 5.65 Å². The van der Waals surface area contributed by atoms with E-state index >= 15 is 0 Å². The molecule has 3 aromatic rings. The number of halogens is 2.